The number of aromatic nitrogens is 2. The molecule has 1 saturated heterocycles. The van der Waals surface area contributed by atoms with Crippen molar-refractivity contribution in [3.63, 3.8) is 0 Å². The quantitative estimate of drug-likeness (QED) is 0.0624. The number of ether oxygens (including phenoxy) is 2. The van der Waals surface area contributed by atoms with Gasteiger partial charge in [0.25, 0.3) is 5.78 Å². The van der Waals surface area contributed by atoms with Crippen LogP contribution in [-0.4, -0.2) is 40.2 Å². The number of amides is 1. The Morgan fingerprint density at radius 3 is 2.44 bits per heavy atom. The number of halogens is 1. The number of hydrogen-bond acceptors (Lipinski definition) is 9. The van der Waals surface area contributed by atoms with Crippen LogP contribution in [-0.2, 0) is 15.3 Å². The van der Waals surface area contributed by atoms with Gasteiger partial charge in [0.15, 0.2) is 15.8 Å². The molecule has 8 nitrogen and oxygen atoms in total. The lowest BCUT2D eigenvalue weighted by molar-refractivity contribution is -0.132. The summed E-state index contributed by atoms with van der Waals surface area (Å²) in [5, 5.41) is 20.1. The molecule has 3 aromatic carbocycles. The average Bonchev–Trinajstić information content (AvgIpc) is 3.58. The molecule has 1 fully saturated rings. The summed E-state index contributed by atoms with van der Waals surface area (Å²) in [5.74, 6) is -0.740. The smallest absolute Gasteiger partial charge is 0.301 e. The van der Waals surface area contributed by atoms with Crippen LogP contribution in [0.1, 0.15) is 48.6 Å². The van der Waals surface area contributed by atoms with Crippen LogP contribution in [0.25, 0.3) is 5.76 Å². The summed E-state index contributed by atoms with van der Waals surface area (Å²) in [7, 11) is 0. The van der Waals surface area contributed by atoms with E-state index in [1.165, 1.54) is 28.8 Å². The van der Waals surface area contributed by atoms with E-state index in [1.54, 1.807) is 42.5 Å². The first-order valence-corrected chi connectivity index (χ1v) is 15.6. The summed E-state index contributed by atoms with van der Waals surface area (Å²) in [6.45, 7) is 6.64. The summed E-state index contributed by atoms with van der Waals surface area (Å²) >= 11 is 2.54. The van der Waals surface area contributed by atoms with Crippen LogP contribution in [0.4, 0.5) is 9.52 Å². The highest BCUT2D eigenvalue weighted by Crippen LogP contribution is 2.45. The molecule has 1 aromatic heterocycles. The van der Waals surface area contributed by atoms with Crippen LogP contribution in [0.3, 0.4) is 0 Å². The number of carbonyl (C=O) groups is 2. The Labute approximate surface area is 257 Å². The first kappa shape index (κ1) is 30.2. The van der Waals surface area contributed by atoms with Crippen LogP contribution in [0.2, 0.25) is 0 Å². The van der Waals surface area contributed by atoms with Gasteiger partial charge in [0.1, 0.15) is 11.6 Å². The van der Waals surface area contributed by atoms with Crippen molar-refractivity contribution in [2.24, 2.45) is 0 Å². The average molecular weight is 620 g/mol. The zero-order valence-electron chi connectivity index (χ0n) is 23.9. The number of benzene rings is 3. The third-order valence-corrected chi connectivity index (χ3v) is 8.82. The lowest BCUT2D eigenvalue weighted by atomic mass is 9.95. The molecule has 4 aromatic rings. The van der Waals surface area contributed by atoms with Gasteiger partial charge in [-0.05, 0) is 55.7 Å². The second-order valence-corrected chi connectivity index (χ2v) is 12.0. The highest BCUT2D eigenvalue weighted by molar-refractivity contribution is 8.00. The maximum absolute atomic E-state index is 13.6. The standard InChI is InChI=1S/C32H30FN3O5S2/c1-4-16-41-24-15-12-22(17-25(24)40-5-2)27-26(28(37)21-10-6-19(3)7-11-21)29(38)30(39)36(27)31-34-35-32(43-31)42-18-20-8-13-23(33)14-9-20/h6-15,17,27,37H,4-5,16,18H2,1-3H3/b28-26+. The van der Waals surface area contributed by atoms with Gasteiger partial charge in [-0.3, -0.25) is 14.5 Å². The van der Waals surface area contributed by atoms with E-state index in [0.717, 1.165) is 28.9 Å². The molecule has 1 N–H and O–H groups in total. The topological polar surface area (TPSA) is 102 Å². The molecule has 0 bridgehead atoms. The van der Waals surface area contributed by atoms with E-state index >= 15 is 0 Å². The largest absolute Gasteiger partial charge is 0.507 e. The van der Waals surface area contributed by atoms with Crippen molar-refractivity contribution in [1.82, 2.24) is 10.2 Å². The number of ketones is 1. The minimum absolute atomic E-state index is 0.0609. The maximum Gasteiger partial charge on any atom is 0.301 e. The van der Waals surface area contributed by atoms with Gasteiger partial charge >= 0.3 is 5.91 Å². The molecule has 0 saturated carbocycles. The summed E-state index contributed by atoms with van der Waals surface area (Å²) in [6, 6.07) is 17.5. The zero-order chi connectivity index (χ0) is 30.5. The van der Waals surface area contributed by atoms with Gasteiger partial charge in [-0.1, -0.05) is 78.1 Å². The number of hydrogen-bond donors (Lipinski definition) is 1. The second kappa shape index (κ2) is 13.4. The fourth-order valence-corrected chi connectivity index (χ4v) is 6.41. The van der Waals surface area contributed by atoms with Crippen LogP contribution < -0.4 is 14.4 Å². The van der Waals surface area contributed by atoms with E-state index in [-0.39, 0.29) is 22.3 Å². The van der Waals surface area contributed by atoms with E-state index < -0.39 is 17.7 Å². The van der Waals surface area contributed by atoms with Crippen LogP contribution in [0.5, 0.6) is 11.5 Å². The van der Waals surface area contributed by atoms with E-state index in [9.17, 15) is 19.1 Å². The summed E-state index contributed by atoms with van der Waals surface area (Å²) < 4.78 is 25.6. The van der Waals surface area contributed by atoms with Crippen LogP contribution in [0, 0.1) is 12.7 Å². The Morgan fingerprint density at radius 1 is 1.00 bits per heavy atom. The number of Topliss-reactive ketones (excluding diaryl/α,β-unsaturated/α-hetero) is 1. The molecule has 1 unspecified atom stereocenters. The van der Waals surface area contributed by atoms with Crippen molar-refractivity contribution in [3.05, 3.63) is 100 Å². The molecule has 1 atom stereocenters. The molecule has 0 spiro atoms. The van der Waals surface area contributed by atoms with Crippen LogP contribution >= 0.6 is 23.1 Å². The third-order valence-electron chi connectivity index (χ3n) is 6.69. The molecule has 5 rings (SSSR count). The summed E-state index contributed by atoms with van der Waals surface area (Å²) in [6.07, 6.45) is 0.808. The minimum Gasteiger partial charge on any atom is -0.507 e. The van der Waals surface area contributed by atoms with E-state index in [0.29, 0.717) is 45.9 Å². The van der Waals surface area contributed by atoms with Crippen molar-refractivity contribution in [1.29, 1.82) is 0 Å². The van der Waals surface area contributed by atoms with Gasteiger partial charge in [0.2, 0.25) is 5.13 Å². The summed E-state index contributed by atoms with van der Waals surface area (Å²) in [5.41, 5.74) is 2.77. The van der Waals surface area contributed by atoms with E-state index in [1.807, 2.05) is 32.9 Å². The maximum atomic E-state index is 13.6. The molecule has 0 aliphatic carbocycles. The summed E-state index contributed by atoms with van der Waals surface area (Å²) in [4.78, 5) is 28.5. The van der Waals surface area contributed by atoms with Gasteiger partial charge < -0.3 is 14.6 Å². The highest BCUT2D eigenvalue weighted by Gasteiger charge is 2.48. The normalized spacial score (nSPS) is 16.1. The monoisotopic (exact) mass is 619 g/mol. The van der Waals surface area contributed by atoms with Crippen molar-refractivity contribution >= 4 is 45.7 Å². The van der Waals surface area contributed by atoms with Gasteiger partial charge in [-0.15, -0.1) is 10.2 Å². The Bertz CT molecular complexity index is 1650. The Morgan fingerprint density at radius 2 is 1.74 bits per heavy atom. The number of carbonyl (C=O) groups excluding carboxylic acids is 2. The molecule has 11 heteroatoms. The first-order chi connectivity index (χ1) is 20.8. The lowest BCUT2D eigenvalue weighted by Gasteiger charge is -2.23. The molecule has 1 aliphatic heterocycles. The first-order valence-electron chi connectivity index (χ1n) is 13.8. The van der Waals surface area contributed by atoms with Crippen molar-refractivity contribution in [3.8, 4) is 11.5 Å². The Hall–Kier alpha value is -4.22. The van der Waals surface area contributed by atoms with Crippen LogP contribution in [0.15, 0.2) is 76.6 Å². The van der Waals surface area contributed by atoms with Crippen molar-refractivity contribution in [2.75, 3.05) is 18.1 Å². The minimum atomic E-state index is -0.997. The predicted octanol–water partition coefficient (Wildman–Crippen LogP) is 7.09. The zero-order valence-corrected chi connectivity index (χ0v) is 25.5. The number of aryl methyl sites for hydroxylation is 1. The molecular formula is C32H30FN3O5S2. The highest BCUT2D eigenvalue weighted by atomic mass is 32.2. The van der Waals surface area contributed by atoms with Crippen molar-refractivity contribution in [2.45, 2.75) is 43.3 Å². The van der Waals surface area contributed by atoms with Gasteiger partial charge in [0.05, 0.1) is 24.8 Å². The van der Waals surface area contributed by atoms with Gasteiger partial charge in [-0.2, -0.15) is 0 Å². The number of thioether (sulfide) groups is 1. The fraction of sp³-hybridized carbons (Fsp3) is 0.250. The molecule has 1 amide bonds. The number of rotatable bonds is 11. The molecule has 2 heterocycles. The molecule has 222 valence electrons. The molecule has 43 heavy (non-hydrogen) atoms. The molecular weight excluding hydrogens is 590 g/mol. The fourth-order valence-electron chi connectivity index (χ4n) is 4.59. The van der Waals surface area contributed by atoms with Gasteiger partial charge in [-0.25, -0.2) is 4.39 Å². The number of aliphatic hydroxyl groups excluding tert-OH is 1. The van der Waals surface area contributed by atoms with Gasteiger partial charge in [0, 0.05) is 11.3 Å². The molecule has 0 radical (unpaired) electrons. The Balaban J connectivity index is 1.57. The Kier molecular flexibility index (Phi) is 9.42. The van der Waals surface area contributed by atoms with Crippen molar-refractivity contribution < 1.29 is 28.6 Å². The number of nitrogens with zero attached hydrogens (tertiary/aromatic N) is 3. The molecule has 1 aliphatic rings. The third kappa shape index (κ3) is 6.57. The SMILES string of the molecule is CCCOc1ccc(C2/C(=C(\O)c3ccc(C)cc3)C(=O)C(=O)N2c2nnc(SCc3ccc(F)cc3)s2)cc1OCC. The number of aliphatic hydroxyl groups is 1. The van der Waals surface area contributed by atoms with E-state index in [2.05, 4.69) is 10.2 Å². The number of anilines is 1. The van der Waals surface area contributed by atoms with E-state index in [4.69, 9.17) is 9.47 Å². The lowest BCUT2D eigenvalue weighted by Crippen LogP contribution is -2.29. The second-order valence-electron chi connectivity index (χ2n) is 9.79. The predicted molar refractivity (Wildman–Crippen MR) is 165 cm³/mol.